The highest BCUT2D eigenvalue weighted by Gasteiger charge is 2.47. The van der Waals surface area contributed by atoms with Gasteiger partial charge in [-0.15, -0.1) is 0 Å². The minimum Gasteiger partial charge on any atom is -0.480 e. The first-order chi connectivity index (χ1) is 4.13. The molecular formula is C4H2O5. The van der Waals surface area contributed by atoms with E-state index in [-0.39, 0.29) is 0 Å². The van der Waals surface area contributed by atoms with Gasteiger partial charge in [-0.2, -0.15) is 0 Å². The van der Waals surface area contributed by atoms with E-state index in [1.165, 1.54) is 0 Å². The molecule has 0 amide bonds. The first-order valence-electron chi connectivity index (χ1n) is 2.11. The molecule has 1 saturated heterocycles. The Bertz CT molecular complexity index is 168. The van der Waals surface area contributed by atoms with Gasteiger partial charge in [0.25, 0.3) is 5.92 Å². The average molecular weight is 130 g/mol. The Labute approximate surface area is 49.2 Å². The van der Waals surface area contributed by atoms with E-state index in [2.05, 4.69) is 4.74 Å². The molecular weight excluding hydrogens is 128 g/mol. The van der Waals surface area contributed by atoms with E-state index in [1.807, 2.05) is 0 Å². The van der Waals surface area contributed by atoms with Crippen molar-refractivity contribution in [2.24, 2.45) is 5.92 Å². The van der Waals surface area contributed by atoms with Gasteiger partial charge in [-0.1, -0.05) is 0 Å². The van der Waals surface area contributed by atoms with Gasteiger partial charge < -0.3 is 9.84 Å². The number of ether oxygens (including phenoxy) is 1. The predicted octanol–water partition coefficient (Wildman–Crippen LogP) is -1.23. The molecule has 1 heterocycles. The smallest absolute Gasteiger partial charge is 0.339 e. The Hall–Kier alpha value is -1.39. The van der Waals surface area contributed by atoms with E-state index in [0.717, 1.165) is 0 Å². The number of esters is 2. The number of carboxylic acid groups (broad SMARTS) is 1. The van der Waals surface area contributed by atoms with Gasteiger partial charge in [-0.25, -0.2) is 9.59 Å². The number of aliphatic carboxylic acids is 1. The third kappa shape index (κ3) is 0.658. The minimum absolute atomic E-state index is 0.979. The summed E-state index contributed by atoms with van der Waals surface area (Å²) in [5, 5.41) is 8.05. The summed E-state index contributed by atoms with van der Waals surface area (Å²) in [5.41, 5.74) is 0. The molecule has 0 aliphatic carbocycles. The summed E-state index contributed by atoms with van der Waals surface area (Å²) in [5.74, 6) is -4.97. The van der Waals surface area contributed by atoms with Crippen molar-refractivity contribution in [2.45, 2.75) is 0 Å². The van der Waals surface area contributed by atoms with Crippen LogP contribution in [0.5, 0.6) is 0 Å². The molecule has 0 aromatic carbocycles. The van der Waals surface area contributed by atoms with Crippen molar-refractivity contribution >= 4 is 17.9 Å². The molecule has 5 nitrogen and oxygen atoms in total. The van der Waals surface area contributed by atoms with Crippen LogP contribution in [0.2, 0.25) is 0 Å². The number of hydrogen-bond acceptors (Lipinski definition) is 4. The predicted molar refractivity (Wildman–Crippen MR) is 22.2 cm³/mol. The summed E-state index contributed by atoms with van der Waals surface area (Å²) in [6.45, 7) is 0. The van der Waals surface area contributed by atoms with Gasteiger partial charge in [0.05, 0.1) is 0 Å². The second kappa shape index (κ2) is 1.54. The lowest BCUT2D eigenvalue weighted by Gasteiger charge is -2.16. The van der Waals surface area contributed by atoms with E-state index in [9.17, 15) is 14.4 Å². The van der Waals surface area contributed by atoms with E-state index < -0.39 is 23.8 Å². The Morgan fingerprint density at radius 1 is 1.44 bits per heavy atom. The maximum Gasteiger partial charge on any atom is 0.339 e. The number of rotatable bonds is 1. The highest BCUT2D eigenvalue weighted by molar-refractivity contribution is 6.22. The van der Waals surface area contributed by atoms with Crippen molar-refractivity contribution in [1.82, 2.24) is 0 Å². The third-order valence-corrected chi connectivity index (χ3v) is 0.920. The summed E-state index contributed by atoms with van der Waals surface area (Å²) < 4.78 is 3.75. The molecule has 0 spiro atoms. The van der Waals surface area contributed by atoms with Gasteiger partial charge in [-0.05, 0) is 0 Å². The standard InChI is InChI=1S/C4H2O5/c5-2(6)1-3(7)9-4(1)8/h1H,(H,5,6). The van der Waals surface area contributed by atoms with Crippen LogP contribution in [-0.4, -0.2) is 23.0 Å². The Morgan fingerprint density at radius 3 is 2.00 bits per heavy atom. The van der Waals surface area contributed by atoms with E-state index in [4.69, 9.17) is 5.11 Å². The molecule has 0 unspecified atom stereocenters. The van der Waals surface area contributed by atoms with Crippen LogP contribution >= 0.6 is 0 Å². The lowest BCUT2D eigenvalue weighted by Crippen LogP contribution is -2.45. The van der Waals surface area contributed by atoms with Gasteiger partial charge in [0, 0.05) is 0 Å². The van der Waals surface area contributed by atoms with Crippen LogP contribution in [0.3, 0.4) is 0 Å². The Morgan fingerprint density at radius 2 is 1.89 bits per heavy atom. The molecule has 9 heavy (non-hydrogen) atoms. The van der Waals surface area contributed by atoms with Crippen LogP contribution < -0.4 is 0 Å². The fourth-order valence-corrected chi connectivity index (χ4v) is 0.457. The molecule has 48 valence electrons. The largest absolute Gasteiger partial charge is 0.480 e. The molecule has 0 atom stereocenters. The van der Waals surface area contributed by atoms with Gasteiger partial charge in [0.1, 0.15) is 0 Å². The normalized spacial score (nSPS) is 18.7. The molecule has 1 fully saturated rings. The second-order valence-electron chi connectivity index (χ2n) is 1.51. The maximum absolute atomic E-state index is 10.1. The highest BCUT2D eigenvalue weighted by Crippen LogP contribution is 2.13. The zero-order valence-electron chi connectivity index (χ0n) is 4.16. The van der Waals surface area contributed by atoms with Crippen molar-refractivity contribution in [3.63, 3.8) is 0 Å². The van der Waals surface area contributed by atoms with Gasteiger partial charge in [-0.3, -0.25) is 4.79 Å². The SMILES string of the molecule is O=C(O)C1C(=O)OC1=O. The van der Waals surface area contributed by atoms with Gasteiger partial charge in [0.2, 0.25) is 0 Å². The quantitative estimate of drug-likeness (QED) is 0.355. The highest BCUT2D eigenvalue weighted by atomic mass is 16.6. The molecule has 1 aliphatic rings. The molecule has 1 N–H and O–H groups in total. The third-order valence-electron chi connectivity index (χ3n) is 0.920. The molecule has 1 aliphatic heterocycles. The molecule has 0 aromatic heterocycles. The fraction of sp³-hybridized carbons (Fsp3) is 0.250. The van der Waals surface area contributed by atoms with Gasteiger partial charge >= 0.3 is 17.9 Å². The van der Waals surface area contributed by atoms with Crippen LogP contribution in [0.1, 0.15) is 0 Å². The topological polar surface area (TPSA) is 80.7 Å². The number of cyclic esters (lactones) is 2. The van der Waals surface area contributed by atoms with E-state index in [1.54, 1.807) is 0 Å². The molecule has 0 radical (unpaired) electrons. The molecule has 0 bridgehead atoms. The summed E-state index contributed by atoms with van der Waals surface area (Å²) in [7, 11) is 0. The first-order valence-corrected chi connectivity index (χ1v) is 2.11. The lowest BCUT2D eigenvalue weighted by molar-refractivity contribution is -0.188. The average Bonchev–Trinajstić information content (AvgIpc) is 1.62. The monoisotopic (exact) mass is 130 g/mol. The first kappa shape index (κ1) is 5.74. The molecule has 5 heteroatoms. The summed E-state index contributed by atoms with van der Waals surface area (Å²) in [6, 6.07) is 0. The van der Waals surface area contributed by atoms with E-state index >= 15 is 0 Å². The van der Waals surface area contributed by atoms with E-state index in [0.29, 0.717) is 0 Å². The number of carbonyl (C=O) groups excluding carboxylic acids is 2. The van der Waals surface area contributed by atoms with Crippen LogP contribution in [0, 0.1) is 5.92 Å². The number of hydrogen-bond donors (Lipinski definition) is 1. The zero-order chi connectivity index (χ0) is 7.02. The number of carboxylic acids is 1. The van der Waals surface area contributed by atoms with Crippen LogP contribution in [0.15, 0.2) is 0 Å². The van der Waals surface area contributed by atoms with Crippen molar-refractivity contribution in [2.75, 3.05) is 0 Å². The Kier molecular flexibility index (Phi) is 0.985. The lowest BCUT2D eigenvalue weighted by atomic mass is 10.1. The van der Waals surface area contributed by atoms with Crippen molar-refractivity contribution in [1.29, 1.82) is 0 Å². The number of carbonyl (C=O) groups is 3. The fourth-order valence-electron chi connectivity index (χ4n) is 0.457. The van der Waals surface area contributed by atoms with Crippen molar-refractivity contribution in [3.8, 4) is 0 Å². The second-order valence-corrected chi connectivity index (χ2v) is 1.51. The van der Waals surface area contributed by atoms with Crippen LogP contribution in [0.25, 0.3) is 0 Å². The van der Waals surface area contributed by atoms with Crippen molar-refractivity contribution < 1.29 is 24.2 Å². The van der Waals surface area contributed by atoms with Gasteiger partial charge in [0.15, 0.2) is 0 Å². The molecule has 0 saturated carbocycles. The molecule has 1 rings (SSSR count). The summed E-state index contributed by atoms with van der Waals surface area (Å²) >= 11 is 0. The molecule has 0 aromatic rings. The summed E-state index contributed by atoms with van der Waals surface area (Å²) in [6.07, 6.45) is 0. The Balaban J connectivity index is 2.70. The van der Waals surface area contributed by atoms with Crippen molar-refractivity contribution in [3.05, 3.63) is 0 Å². The van der Waals surface area contributed by atoms with Crippen LogP contribution in [-0.2, 0) is 19.1 Å². The maximum atomic E-state index is 10.1. The zero-order valence-corrected chi connectivity index (χ0v) is 4.16. The minimum atomic E-state index is -1.56. The summed E-state index contributed by atoms with van der Waals surface area (Å²) in [4.78, 5) is 30.0. The van der Waals surface area contributed by atoms with Crippen LogP contribution in [0.4, 0.5) is 0 Å².